The molecule has 1 N–H and O–H groups in total. The van der Waals surface area contributed by atoms with E-state index in [4.69, 9.17) is 39.8 Å². The Hall–Kier alpha value is -4.74. The molecule has 0 spiro atoms. The van der Waals surface area contributed by atoms with Gasteiger partial charge in [0.2, 0.25) is 5.91 Å². The highest BCUT2D eigenvalue weighted by atomic mass is 79.9. The van der Waals surface area contributed by atoms with Crippen LogP contribution in [0.2, 0.25) is 10.0 Å². The molecular weight excluding hydrogens is 753 g/mol. The van der Waals surface area contributed by atoms with Gasteiger partial charge >= 0.3 is 0 Å². The van der Waals surface area contributed by atoms with Crippen LogP contribution in [0.4, 0.5) is 22.7 Å². The quantitative estimate of drug-likeness (QED) is 0.0714. The Morgan fingerprint density at radius 1 is 0.857 bits per heavy atom. The van der Waals surface area contributed by atoms with Gasteiger partial charge in [0.15, 0.2) is 0 Å². The molecule has 13 heteroatoms. The number of anilines is 3. The minimum Gasteiger partial charge on any atom is -0.353 e. The topological polar surface area (TPSA) is 110 Å². The predicted molar refractivity (Wildman–Crippen MR) is 197 cm³/mol. The Morgan fingerprint density at radius 3 is 2.29 bits per heavy atom. The molecule has 1 aliphatic rings. The van der Waals surface area contributed by atoms with E-state index in [2.05, 4.69) is 21.2 Å². The van der Waals surface area contributed by atoms with Crippen LogP contribution in [-0.4, -0.2) is 25.8 Å². The molecule has 1 aliphatic heterocycles. The largest absolute Gasteiger partial charge is 0.353 e. The van der Waals surface area contributed by atoms with Crippen LogP contribution in [0.25, 0.3) is 16.6 Å². The molecule has 2 atom stereocenters. The van der Waals surface area contributed by atoms with Crippen LogP contribution in [0.1, 0.15) is 23.0 Å². The third kappa shape index (κ3) is 6.17. The zero-order valence-electron chi connectivity index (χ0n) is 25.2. The normalized spacial score (nSPS) is 15.7. The van der Waals surface area contributed by atoms with Crippen molar-refractivity contribution in [2.24, 2.45) is 0 Å². The lowest BCUT2D eigenvalue weighted by Crippen LogP contribution is -2.56. The highest BCUT2D eigenvalue weighted by Gasteiger charge is 2.48. The lowest BCUT2D eigenvalue weighted by atomic mass is 9.92. The first-order chi connectivity index (χ1) is 23.6. The molecule has 1 amide bonds. The summed E-state index contributed by atoms with van der Waals surface area (Å²) >= 11 is 22.8. The Morgan fingerprint density at radius 2 is 1.55 bits per heavy atom. The van der Waals surface area contributed by atoms with E-state index >= 15 is 0 Å². The number of nitrogens with zero attached hydrogens (tertiary/aromatic N) is 4. The monoisotopic (exact) mass is 773 g/mol. The van der Waals surface area contributed by atoms with Crippen LogP contribution in [0, 0.1) is 10.1 Å². The molecule has 1 aromatic heterocycles. The van der Waals surface area contributed by atoms with Crippen molar-refractivity contribution in [1.29, 1.82) is 0 Å². The standard InChI is InChI=1S/C36H23BrCl3N5O4/c37-22-11-16-30-26(19-22)35(46)43(31(41-30)18-20-5-1-2-10-29(20)42-33-27(38)8-4-9-28(33)39)23-12-14-24(15-13-23)44-34(32(40)36(44)47)21-6-3-7-25(17-21)45(48)49/h1-17,19,32,34,42H,18H2. The van der Waals surface area contributed by atoms with E-state index in [-0.39, 0.29) is 23.6 Å². The van der Waals surface area contributed by atoms with Crippen LogP contribution in [0.15, 0.2) is 118 Å². The number of rotatable bonds is 8. The maximum absolute atomic E-state index is 14.2. The number of halogens is 4. The van der Waals surface area contributed by atoms with Gasteiger partial charge in [-0.15, -0.1) is 11.6 Å². The number of nitro benzene ring substituents is 1. The van der Waals surface area contributed by atoms with Gasteiger partial charge in [0.05, 0.1) is 43.3 Å². The van der Waals surface area contributed by atoms with Gasteiger partial charge in [-0.1, -0.05) is 75.5 Å². The van der Waals surface area contributed by atoms with Crippen LogP contribution < -0.4 is 15.8 Å². The molecule has 7 rings (SSSR count). The number of β-lactam (4-membered cyclic amide) rings is 1. The second-order valence-corrected chi connectivity index (χ2v) is 13.5. The molecule has 5 aromatic carbocycles. The number of para-hydroxylation sites is 2. The Bertz CT molecular complexity index is 2330. The van der Waals surface area contributed by atoms with E-state index in [1.54, 1.807) is 71.3 Å². The number of hydrogen-bond acceptors (Lipinski definition) is 6. The fourth-order valence-electron chi connectivity index (χ4n) is 5.95. The summed E-state index contributed by atoms with van der Waals surface area (Å²) in [7, 11) is 0. The van der Waals surface area contributed by atoms with E-state index in [1.807, 2.05) is 30.3 Å². The Labute approximate surface area is 303 Å². The summed E-state index contributed by atoms with van der Waals surface area (Å²) in [5, 5.41) is 15.2. The summed E-state index contributed by atoms with van der Waals surface area (Å²) < 4.78 is 2.29. The van der Waals surface area contributed by atoms with Gasteiger partial charge in [-0.05, 0) is 71.8 Å². The van der Waals surface area contributed by atoms with Crippen molar-refractivity contribution in [2.45, 2.75) is 17.8 Å². The maximum Gasteiger partial charge on any atom is 0.269 e. The summed E-state index contributed by atoms with van der Waals surface area (Å²) in [6.45, 7) is 0. The molecule has 2 heterocycles. The van der Waals surface area contributed by atoms with Crippen molar-refractivity contribution < 1.29 is 9.72 Å². The number of amides is 1. The lowest BCUT2D eigenvalue weighted by molar-refractivity contribution is -0.384. The summed E-state index contributed by atoms with van der Waals surface area (Å²) in [5.74, 6) is 0.145. The number of carbonyl (C=O) groups is 1. The van der Waals surface area contributed by atoms with Gasteiger partial charge in [0, 0.05) is 34.4 Å². The summed E-state index contributed by atoms with van der Waals surface area (Å²) in [4.78, 5) is 44.5. The second kappa shape index (κ2) is 13.3. The van der Waals surface area contributed by atoms with Gasteiger partial charge in [-0.25, -0.2) is 4.98 Å². The zero-order chi connectivity index (χ0) is 34.4. The van der Waals surface area contributed by atoms with Crippen LogP contribution in [-0.2, 0) is 11.2 Å². The molecule has 0 radical (unpaired) electrons. The molecule has 9 nitrogen and oxygen atoms in total. The van der Waals surface area contributed by atoms with Crippen LogP contribution in [0.5, 0.6) is 0 Å². The molecule has 49 heavy (non-hydrogen) atoms. The van der Waals surface area contributed by atoms with E-state index in [0.29, 0.717) is 49.4 Å². The number of alkyl halides is 1. The van der Waals surface area contributed by atoms with E-state index in [0.717, 1.165) is 15.7 Å². The zero-order valence-corrected chi connectivity index (χ0v) is 29.0. The molecular formula is C36H23BrCl3N5O4. The van der Waals surface area contributed by atoms with Crippen molar-refractivity contribution in [3.8, 4) is 5.69 Å². The maximum atomic E-state index is 14.2. The summed E-state index contributed by atoms with van der Waals surface area (Å²) in [6, 6.07) is 30.6. The molecule has 1 saturated heterocycles. The number of aromatic nitrogens is 2. The van der Waals surface area contributed by atoms with E-state index < -0.39 is 16.3 Å². The SMILES string of the molecule is O=C1C(Cl)C(c2cccc([N+](=O)[O-])c2)N1c1ccc(-n2c(Cc3ccccc3Nc3c(Cl)cccc3Cl)nc3ccc(Br)cc3c2=O)cc1. The van der Waals surface area contributed by atoms with Gasteiger partial charge in [-0.3, -0.25) is 24.3 Å². The third-order valence-corrected chi connectivity index (χ3v) is 9.87. The van der Waals surface area contributed by atoms with Crippen molar-refractivity contribution in [3.63, 3.8) is 0 Å². The molecule has 0 aliphatic carbocycles. The number of hydrogen-bond donors (Lipinski definition) is 1. The van der Waals surface area contributed by atoms with Crippen molar-refractivity contribution >= 4 is 90.3 Å². The van der Waals surface area contributed by atoms with Gasteiger partial charge < -0.3 is 10.2 Å². The minimum atomic E-state index is -0.881. The number of nitro groups is 1. The first-order valence-electron chi connectivity index (χ1n) is 14.9. The van der Waals surface area contributed by atoms with Gasteiger partial charge in [0.1, 0.15) is 11.2 Å². The summed E-state index contributed by atoms with van der Waals surface area (Å²) in [5.41, 5.74) is 3.91. The van der Waals surface area contributed by atoms with Crippen LogP contribution in [0.3, 0.4) is 0 Å². The molecule has 0 saturated carbocycles. The third-order valence-electron chi connectivity index (χ3n) is 8.33. The number of carbonyl (C=O) groups excluding carboxylic acids is 1. The number of nitrogens with one attached hydrogen (secondary N) is 1. The highest BCUT2D eigenvalue weighted by molar-refractivity contribution is 9.10. The predicted octanol–water partition coefficient (Wildman–Crippen LogP) is 9.39. The smallest absolute Gasteiger partial charge is 0.269 e. The Balaban J connectivity index is 1.29. The second-order valence-electron chi connectivity index (χ2n) is 11.3. The minimum absolute atomic E-state index is 0.0925. The molecule has 0 bridgehead atoms. The average molecular weight is 776 g/mol. The average Bonchev–Trinajstić information content (AvgIpc) is 3.10. The lowest BCUT2D eigenvalue weighted by Gasteiger charge is -2.44. The molecule has 2 unspecified atom stereocenters. The molecule has 1 fully saturated rings. The van der Waals surface area contributed by atoms with Crippen molar-refractivity contribution in [2.75, 3.05) is 10.2 Å². The van der Waals surface area contributed by atoms with Crippen LogP contribution >= 0.6 is 50.7 Å². The van der Waals surface area contributed by atoms with E-state index in [9.17, 15) is 19.7 Å². The Kier molecular flexibility index (Phi) is 8.89. The highest BCUT2D eigenvalue weighted by Crippen LogP contribution is 2.43. The number of fused-ring (bicyclic) bond motifs is 1. The first-order valence-corrected chi connectivity index (χ1v) is 16.9. The first kappa shape index (κ1) is 32.8. The number of non-ortho nitro benzene ring substituents is 1. The number of benzene rings is 5. The van der Waals surface area contributed by atoms with Gasteiger partial charge in [-0.2, -0.15) is 0 Å². The molecule has 244 valence electrons. The van der Waals surface area contributed by atoms with E-state index in [1.165, 1.54) is 17.0 Å². The van der Waals surface area contributed by atoms with Crippen molar-refractivity contribution in [1.82, 2.24) is 9.55 Å². The summed E-state index contributed by atoms with van der Waals surface area (Å²) in [6.07, 6.45) is 0.266. The van der Waals surface area contributed by atoms with Crippen molar-refractivity contribution in [3.05, 3.63) is 161 Å². The molecule has 6 aromatic rings. The fraction of sp³-hybridized carbons (Fsp3) is 0.0833. The fourth-order valence-corrected chi connectivity index (χ4v) is 7.17. The van der Waals surface area contributed by atoms with Gasteiger partial charge in [0.25, 0.3) is 11.2 Å².